The predicted molar refractivity (Wildman–Crippen MR) is 84.0 cm³/mol. The second kappa shape index (κ2) is 5.69. The van der Waals surface area contributed by atoms with E-state index in [1.54, 1.807) is 25.2 Å². The van der Waals surface area contributed by atoms with Crippen molar-refractivity contribution in [2.24, 2.45) is 0 Å². The number of nitrogens with one attached hydrogen (secondary N) is 1. The molecule has 0 atom stereocenters. The Hall–Kier alpha value is -2.14. The highest BCUT2D eigenvalue weighted by Gasteiger charge is 2.26. The minimum atomic E-state index is -0.112. The van der Waals surface area contributed by atoms with Crippen LogP contribution in [0.5, 0.6) is 0 Å². The molecule has 21 heavy (non-hydrogen) atoms. The highest BCUT2D eigenvalue weighted by atomic mass is 32.1. The number of hydrogen-bond acceptors (Lipinski definition) is 3. The fourth-order valence-corrected chi connectivity index (χ4v) is 2.82. The Kier molecular flexibility index (Phi) is 3.75. The van der Waals surface area contributed by atoms with Crippen molar-refractivity contribution in [3.63, 3.8) is 0 Å². The van der Waals surface area contributed by atoms with Crippen molar-refractivity contribution in [3.8, 4) is 0 Å². The molecule has 0 unspecified atom stereocenters. The Morgan fingerprint density at radius 2 is 1.95 bits per heavy atom. The van der Waals surface area contributed by atoms with Crippen LogP contribution < -0.4 is 10.2 Å². The molecule has 5 heteroatoms. The van der Waals surface area contributed by atoms with Crippen LogP contribution >= 0.6 is 11.3 Å². The van der Waals surface area contributed by atoms with Crippen LogP contribution in [0.1, 0.15) is 32.9 Å². The molecule has 1 heterocycles. The van der Waals surface area contributed by atoms with E-state index in [1.165, 1.54) is 16.2 Å². The van der Waals surface area contributed by atoms with Crippen LogP contribution in [0.25, 0.3) is 0 Å². The van der Waals surface area contributed by atoms with Gasteiger partial charge in [0.2, 0.25) is 0 Å². The van der Waals surface area contributed by atoms with E-state index < -0.39 is 0 Å². The number of nitrogens with zero attached hydrogens (tertiary/aromatic N) is 1. The number of hydrogen-bond donors (Lipinski definition) is 1. The van der Waals surface area contributed by atoms with E-state index in [-0.39, 0.29) is 11.8 Å². The van der Waals surface area contributed by atoms with Crippen molar-refractivity contribution in [2.45, 2.75) is 18.9 Å². The SMILES string of the molecule is CN(C(=O)c1cccs1)c1ccccc1C(=O)NC1CC1. The number of thiophene rings is 1. The highest BCUT2D eigenvalue weighted by Crippen LogP contribution is 2.24. The molecule has 1 aromatic carbocycles. The zero-order chi connectivity index (χ0) is 14.8. The number of amides is 2. The molecule has 0 aliphatic heterocycles. The number of para-hydroxylation sites is 1. The molecule has 1 aliphatic rings. The summed E-state index contributed by atoms with van der Waals surface area (Å²) >= 11 is 1.40. The maximum atomic E-state index is 12.4. The molecule has 0 bridgehead atoms. The molecule has 4 nitrogen and oxygen atoms in total. The van der Waals surface area contributed by atoms with Crippen LogP contribution in [0.2, 0.25) is 0 Å². The Bertz CT molecular complexity index is 663. The number of anilines is 1. The van der Waals surface area contributed by atoms with Crippen molar-refractivity contribution in [2.75, 3.05) is 11.9 Å². The van der Waals surface area contributed by atoms with Gasteiger partial charge in [0.05, 0.1) is 16.1 Å². The Balaban J connectivity index is 1.87. The lowest BCUT2D eigenvalue weighted by atomic mass is 10.1. The van der Waals surface area contributed by atoms with Crippen molar-refractivity contribution < 1.29 is 9.59 Å². The van der Waals surface area contributed by atoms with E-state index in [0.29, 0.717) is 22.2 Å². The second-order valence-electron chi connectivity index (χ2n) is 5.11. The third-order valence-electron chi connectivity index (χ3n) is 3.46. The van der Waals surface area contributed by atoms with Crippen molar-refractivity contribution in [3.05, 3.63) is 52.2 Å². The summed E-state index contributed by atoms with van der Waals surface area (Å²) < 4.78 is 0. The lowest BCUT2D eigenvalue weighted by Crippen LogP contribution is -2.31. The van der Waals surface area contributed by atoms with Crippen molar-refractivity contribution in [1.29, 1.82) is 0 Å². The van der Waals surface area contributed by atoms with Crippen LogP contribution in [0.3, 0.4) is 0 Å². The number of benzene rings is 1. The van der Waals surface area contributed by atoms with Gasteiger partial charge in [-0.05, 0) is 36.4 Å². The van der Waals surface area contributed by atoms with Crippen LogP contribution in [-0.4, -0.2) is 24.9 Å². The normalized spacial score (nSPS) is 13.8. The Labute approximate surface area is 127 Å². The quantitative estimate of drug-likeness (QED) is 0.944. The van der Waals surface area contributed by atoms with E-state index in [9.17, 15) is 9.59 Å². The molecule has 1 fully saturated rings. The smallest absolute Gasteiger partial charge is 0.268 e. The Morgan fingerprint density at radius 1 is 1.19 bits per heavy atom. The van der Waals surface area contributed by atoms with Gasteiger partial charge in [-0.2, -0.15) is 0 Å². The van der Waals surface area contributed by atoms with Gasteiger partial charge in [0.25, 0.3) is 11.8 Å². The van der Waals surface area contributed by atoms with Crippen LogP contribution in [0.15, 0.2) is 41.8 Å². The van der Waals surface area contributed by atoms with Gasteiger partial charge in [-0.25, -0.2) is 0 Å². The number of rotatable bonds is 4. The molecule has 1 aliphatic carbocycles. The first-order chi connectivity index (χ1) is 10.2. The summed E-state index contributed by atoms with van der Waals surface area (Å²) in [4.78, 5) is 26.9. The molecule has 2 aromatic rings. The number of carbonyl (C=O) groups is 2. The van der Waals surface area contributed by atoms with E-state index in [2.05, 4.69) is 5.32 Å². The summed E-state index contributed by atoms with van der Waals surface area (Å²) in [6, 6.07) is 11.1. The zero-order valence-electron chi connectivity index (χ0n) is 11.7. The molecule has 108 valence electrons. The summed E-state index contributed by atoms with van der Waals surface area (Å²) in [6.45, 7) is 0. The summed E-state index contributed by atoms with van der Waals surface area (Å²) in [5.74, 6) is -0.212. The molecule has 3 rings (SSSR count). The average molecular weight is 300 g/mol. The molecular formula is C16H16N2O2S. The van der Waals surface area contributed by atoms with E-state index in [1.807, 2.05) is 23.6 Å². The standard InChI is InChI=1S/C16H16N2O2S/c1-18(16(20)14-7-4-10-21-14)13-6-3-2-5-12(13)15(19)17-11-8-9-11/h2-7,10-11H,8-9H2,1H3,(H,17,19). The van der Waals surface area contributed by atoms with Gasteiger partial charge in [0.1, 0.15) is 0 Å². The van der Waals surface area contributed by atoms with Gasteiger partial charge in [-0.1, -0.05) is 18.2 Å². The number of carbonyl (C=O) groups excluding carboxylic acids is 2. The van der Waals surface area contributed by atoms with Gasteiger partial charge >= 0.3 is 0 Å². The Morgan fingerprint density at radius 3 is 2.62 bits per heavy atom. The minimum absolute atomic E-state index is 0.100. The first-order valence-corrected chi connectivity index (χ1v) is 7.76. The molecule has 1 saturated carbocycles. The maximum absolute atomic E-state index is 12.4. The van der Waals surface area contributed by atoms with Crippen molar-refractivity contribution in [1.82, 2.24) is 5.32 Å². The molecular weight excluding hydrogens is 284 g/mol. The lowest BCUT2D eigenvalue weighted by Gasteiger charge is -2.19. The fraction of sp³-hybridized carbons (Fsp3) is 0.250. The maximum Gasteiger partial charge on any atom is 0.268 e. The molecule has 2 amide bonds. The van der Waals surface area contributed by atoms with Gasteiger partial charge in [-0.15, -0.1) is 11.3 Å². The molecule has 0 radical (unpaired) electrons. The fourth-order valence-electron chi connectivity index (χ4n) is 2.12. The van der Waals surface area contributed by atoms with Crippen molar-refractivity contribution >= 4 is 28.8 Å². The van der Waals surface area contributed by atoms with Crippen LogP contribution in [0, 0.1) is 0 Å². The highest BCUT2D eigenvalue weighted by molar-refractivity contribution is 7.12. The summed E-state index contributed by atoms with van der Waals surface area (Å²) in [5.41, 5.74) is 1.17. The second-order valence-corrected chi connectivity index (χ2v) is 6.05. The molecule has 0 saturated heterocycles. The molecule has 1 N–H and O–H groups in total. The topological polar surface area (TPSA) is 49.4 Å². The summed E-state index contributed by atoms with van der Waals surface area (Å²) in [6.07, 6.45) is 2.08. The van der Waals surface area contributed by atoms with Gasteiger partial charge in [0.15, 0.2) is 0 Å². The summed E-state index contributed by atoms with van der Waals surface area (Å²) in [7, 11) is 1.70. The van der Waals surface area contributed by atoms with E-state index in [4.69, 9.17) is 0 Å². The van der Waals surface area contributed by atoms with E-state index >= 15 is 0 Å². The molecule has 0 spiro atoms. The third-order valence-corrected chi connectivity index (χ3v) is 4.32. The van der Waals surface area contributed by atoms with Gasteiger partial charge < -0.3 is 10.2 Å². The van der Waals surface area contributed by atoms with Gasteiger partial charge in [-0.3, -0.25) is 9.59 Å². The first kappa shape index (κ1) is 13.8. The zero-order valence-corrected chi connectivity index (χ0v) is 12.5. The monoisotopic (exact) mass is 300 g/mol. The molecule has 1 aromatic heterocycles. The largest absolute Gasteiger partial charge is 0.349 e. The minimum Gasteiger partial charge on any atom is -0.349 e. The lowest BCUT2D eigenvalue weighted by molar-refractivity contribution is 0.0951. The average Bonchev–Trinajstić information content (AvgIpc) is 3.15. The third kappa shape index (κ3) is 2.97. The summed E-state index contributed by atoms with van der Waals surface area (Å²) in [5, 5.41) is 4.83. The predicted octanol–water partition coefficient (Wildman–Crippen LogP) is 2.92. The van der Waals surface area contributed by atoms with Gasteiger partial charge in [0, 0.05) is 13.1 Å². The van der Waals surface area contributed by atoms with Crippen LogP contribution in [0.4, 0.5) is 5.69 Å². The van der Waals surface area contributed by atoms with E-state index in [0.717, 1.165) is 12.8 Å². The van der Waals surface area contributed by atoms with Crippen LogP contribution in [-0.2, 0) is 0 Å². The first-order valence-electron chi connectivity index (χ1n) is 6.88.